The number of aliphatic hydroxyl groups excluding tert-OH is 1. The van der Waals surface area contributed by atoms with Gasteiger partial charge < -0.3 is 14.8 Å². The van der Waals surface area contributed by atoms with Crippen LogP contribution in [-0.2, 0) is 4.74 Å². The molecule has 1 aromatic heterocycles. The van der Waals surface area contributed by atoms with Crippen LogP contribution in [0.4, 0.5) is 10.5 Å². The van der Waals surface area contributed by atoms with Crippen LogP contribution in [0.25, 0.3) is 11.0 Å². The summed E-state index contributed by atoms with van der Waals surface area (Å²) in [7, 11) is 1.11. The average molecular weight is 466 g/mol. The van der Waals surface area contributed by atoms with E-state index in [2.05, 4.69) is 19.8 Å². The van der Waals surface area contributed by atoms with Crippen molar-refractivity contribution in [1.29, 1.82) is 0 Å². The van der Waals surface area contributed by atoms with E-state index < -0.39 is 22.7 Å². The molecule has 1 amide bonds. The number of H-pyrrole nitrogens is 1. The molecule has 0 aliphatic rings. The number of benzene rings is 2. The maximum absolute atomic E-state index is 12.7. The van der Waals surface area contributed by atoms with Gasteiger partial charge in [-0.25, -0.2) is 15.2 Å². The molecule has 11 nitrogen and oxygen atoms in total. The van der Waals surface area contributed by atoms with Gasteiger partial charge in [-0.2, -0.15) is 5.10 Å². The molecular formula is C18H13Cl2N5O6. The highest BCUT2D eigenvalue weighted by Crippen LogP contribution is 2.27. The highest BCUT2D eigenvalue weighted by molar-refractivity contribution is 6.42. The third kappa shape index (κ3) is 4.79. The molecule has 1 atom stereocenters. The van der Waals surface area contributed by atoms with E-state index in [1.807, 2.05) is 5.43 Å². The van der Waals surface area contributed by atoms with E-state index in [0.717, 1.165) is 13.2 Å². The lowest BCUT2D eigenvalue weighted by atomic mass is 10.0. The number of carbonyl (C=O) groups excluding carboxylic acids is 1. The quantitative estimate of drug-likeness (QED) is 0.296. The Balaban J connectivity index is 2.15. The second-order valence-electron chi connectivity index (χ2n) is 6.05. The lowest BCUT2D eigenvalue weighted by Gasteiger charge is -2.14. The number of aromatic nitrogens is 2. The van der Waals surface area contributed by atoms with Gasteiger partial charge in [0.1, 0.15) is 11.8 Å². The molecule has 0 spiro atoms. The van der Waals surface area contributed by atoms with E-state index >= 15 is 0 Å². The molecule has 1 unspecified atom stereocenters. The highest BCUT2D eigenvalue weighted by atomic mass is 35.5. The Bertz CT molecular complexity index is 1280. The van der Waals surface area contributed by atoms with E-state index in [1.54, 1.807) is 0 Å². The van der Waals surface area contributed by atoms with Crippen LogP contribution in [0.15, 0.2) is 46.3 Å². The van der Waals surface area contributed by atoms with E-state index in [9.17, 15) is 24.8 Å². The van der Waals surface area contributed by atoms with Gasteiger partial charge in [0.15, 0.2) is 5.69 Å². The van der Waals surface area contributed by atoms with Crippen molar-refractivity contribution in [2.75, 3.05) is 7.11 Å². The summed E-state index contributed by atoms with van der Waals surface area (Å²) in [6, 6.07) is 7.92. The van der Waals surface area contributed by atoms with E-state index in [4.69, 9.17) is 23.2 Å². The van der Waals surface area contributed by atoms with Gasteiger partial charge in [0, 0.05) is 12.1 Å². The SMILES string of the molecule is COC(=O)NN=C(c1nc2ccc([N+](=O)[O-])cc2[nH]c1=O)C(O)c1ccc(Cl)c(Cl)c1. The Labute approximate surface area is 183 Å². The number of non-ortho nitro benzene ring substituents is 1. The molecule has 1 heterocycles. The maximum Gasteiger partial charge on any atom is 0.427 e. The van der Waals surface area contributed by atoms with Crippen LogP contribution >= 0.6 is 23.2 Å². The number of aromatic amines is 1. The summed E-state index contributed by atoms with van der Waals surface area (Å²) in [5.74, 6) is 0. The second-order valence-corrected chi connectivity index (χ2v) is 6.86. The first kappa shape index (κ1) is 22.2. The molecule has 0 aliphatic heterocycles. The molecular weight excluding hydrogens is 453 g/mol. The standard InChI is InChI=1S/C18H13Cl2N5O6/c1-31-18(28)24-23-14(16(26)8-2-4-10(19)11(20)6-8)15-17(27)22-13-7-9(25(29)30)3-5-12(13)21-15/h2-7,16,26H,1H3,(H,22,27)(H,24,28). The number of ether oxygens (including phenoxy) is 1. The van der Waals surface area contributed by atoms with Gasteiger partial charge in [0.2, 0.25) is 0 Å². The number of carbonyl (C=O) groups is 1. The third-order valence-corrected chi connectivity index (χ3v) is 4.84. The van der Waals surface area contributed by atoms with Gasteiger partial charge in [-0.05, 0) is 23.8 Å². The van der Waals surface area contributed by atoms with Gasteiger partial charge in [-0.15, -0.1) is 0 Å². The van der Waals surface area contributed by atoms with Crippen molar-refractivity contribution in [3.05, 3.63) is 78.2 Å². The van der Waals surface area contributed by atoms with Crippen molar-refractivity contribution < 1.29 is 19.6 Å². The largest absolute Gasteiger partial charge is 0.452 e. The van der Waals surface area contributed by atoms with Gasteiger partial charge in [0.25, 0.3) is 11.2 Å². The number of aliphatic hydroxyl groups is 1. The minimum atomic E-state index is -1.55. The Morgan fingerprint density at radius 1 is 1.29 bits per heavy atom. The molecule has 3 aromatic rings. The van der Waals surface area contributed by atoms with Crippen LogP contribution in [-0.4, -0.2) is 38.9 Å². The number of nitro benzene ring substituents is 1. The van der Waals surface area contributed by atoms with E-state index in [-0.39, 0.29) is 43.7 Å². The average Bonchev–Trinajstić information content (AvgIpc) is 2.75. The fraction of sp³-hybridized carbons (Fsp3) is 0.111. The van der Waals surface area contributed by atoms with Crippen LogP contribution < -0.4 is 11.0 Å². The molecule has 0 radical (unpaired) electrons. The molecule has 0 saturated carbocycles. The van der Waals surface area contributed by atoms with Crippen LogP contribution in [0, 0.1) is 10.1 Å². The molecule has 160 valence electrons. The summed E-state index contributed by atoms with van der Waals surface area (Å²) >= 11 is 11.9. The molecule has 0 bridgehead atoms. The predicted molar refractivity (Wildman–Crippen MR) is 113 cm³/mol. The van der Waals surface area contributed by atoms with Gasteiger partial charge in [0.05, 0.1) is 33.1 Å². The third-order valence-electron chi connectivity index (χ3n) is 4.10. The molecule has 3 N–H and O–H groups in total. The minimum Gasteiger partial charge on any atom is -0.452 e. The van der Waals surface area contributed by atoms with E-state index in [1.165, 1.54) is 30.3 Å². The molecule has 0 saturated heterocycles. The molecule has 3 rings (SSSR count). The molecule has 31 heavy (non-hydrogen) atoms. The summed E-state index contributed by atoms with van der Waals surface area (Å²) in [4.78, 5) is 41.1. The smallest absolute Gasteiger partial charge is 0.427 e. The van der Waals surface area contributed by atoms with E-state index in [0.29, 0.717) is 0 Å². The summed E-state index contributed by atoms with van der Waals surface area (Å²) in [5.41, 5.74) is 0.823. The van der Waals surface area contributed by atoms with Crippen molar-refractivity contribution in [2.45, 2.75) is 6.10 Å². The Morgan fingerprint density at radius 2 is 2.03 bits per heavy atom. The topological polar surface area (TPSA) is 160 Å². The van der Waals surface area contributed by atoms with Crippen LogP contribution in [0.1, 0.15) is 17.4 Å². The Hall–Kier alpha value is -3.54. The molecule has 0 fully saturated rings. The number of nitro groups is 1. The second kappa shape index (κ2) is 9.08. The number of halogens is 2. The number of rotatable bonds is 5. The zero-order chi connectivity index (χ0) is 22.7. The summed E-state index contributed by atoms with van der Waals surface area (Å²) in [6.45, 7) is 0. The van der Waals surface area contributed by atoms with Crippen molar-refractivity contribution in [3.63, 3.8) is 0 Å². The monoisotopic (exact) mass is 465 g/mol. The number of nitrogens with one attached hydrogen (secondary N) is 2. The first-order chi connectivity index (χ1) is 14.7. The van der Waals surface area contributed by atoms with Crippen molar-refractivity contribution in [1.82, 2.24) is 15.4 Å². The van der Waals surface area contributed by atoms with Crippen LogP contribution in [0.3, 0.4) is 0 Å². The van der Waals surface area contributed by atoms with Crippen LogP contribution in [0.5, 0.6) is 0 Å². The zero-order valence-corrected chi connectivity index (χ0v) is 17.1. The number of nitrogens with zero attached hydrogens (tertiary/aromatic N) is 3. The normalized spacial score (nSPS) is 12.5. The van der Waals surface area contributed by atoms with Crippen molar-refractivity contribution in [2.24, 2.45) is 5.10 Å². The van der Waals surface area contributed by atoms with Gasteiger partial charge >= 0.3 is 6.09 Å². The summed E-state index contributed by atoms with van der Waals surface area (Å²) < 4.78 is 4.45. The van der Waals surface area contributed by atoms with Gasteiger partial charge in [-0.1, -0.05) is 29.3 Å². The zero-order valence-electron chi connectivity index (χ0n) is 15.6. The molecule has 13 heteroatoms. The predicted octanol–water partition coefficient (Wildman–Crippen LogP) is 2.93. The summed E-state index contributed by atoms with van der Waals surface area (Å²) in [5, 5.41) is 26.0. The van der Waals surface area contributed by atoms with Crippen molar-refractivity contribution >= 4 is 51.7 Å². The number of hydrogen-bond donors (Lipinski definition) is 3. The Kier molecular flexibility index (Phi) is 6.49. The number of hydrogen-bond acceptors (Lipinski definition) is 8. The maximum atomic E-state index is 12.7. The minimum absolute atomic E-state index is 0.104. The first-order valence-corrected chi connectivity index (χ1v) is 9.20. The molecule has 2 aromatic carbocycles. The van der Waals surface area contributed by atoms with Gasteiger partial charge in [-0.3, -0.25) is 14.9 Å². The lowest BCUT2D eigenvalue weighted by molar-refractivity contribution is -0.384. The lowest BCUT2D eigenvalue weighted by Crippen LogP contribution is -2.29. The number of methoxy groups -OCH3 is 1. The van der Waals surface area contributed by atoms with Crippen molar-refractivity contribution in [3.8, 4) is 0 Å². The summed E-state index contributed by atoms with van der Waals surface area (Å²) in [6.07, 6.45) is -2.50. The molecule has 0 aliphatic carbocycles. The Morgan fingerprint density at radius 3 is 2.68 bits per heavy atom. The fourth-order valence-corrected chi connectivity index (χ4v) is 2.90. The fourth-order valence-electron chi connectivity index (χ4n) is 2.60. The first-order valence-electron chi connectivity index (χ1n) is 8.44. The highest BCUT2D eigenvalue weighted by Gasteiger charge is 2.24. The number of hydrazone groups is 1. The number of amides is 1. The number of fused-ring (bicyclic) bond motifs is 1. The van der Waals surface area contributed by atoms with Crippen LogP contribution in [0.2, 0.25) is 10.0 Å².